The Bertz CT molecular complexity index is 817. The van der Waals surface area contributed by atoms with E-state index in [1.54, 1.807) is 12.1 Å². The average Bonchev–Trinajstić information content (AvgIpc) is 2.62. The molecular formula is C16H20IN5O2S. The lowest BCUT2D eigenvalue weighted by atomic mass is 10.3. The van der Waals surface area contributed by atoms with Crippen molar-refractivity contribution in [3.05, 3.63) is 40.0 Å². The zero-order chi connectivity index (χ0) is 18.0. The third kappa shape index (κ3) is 4.04. The van der Waals surface area contributed by atoms with Gasteiger partial charge >= 0.3 is 0 Å². The maximum Gasteiger partial charge on any atom is 0.243 e. The van der Waals surface area contributed by atoms with Crippen LogP contribution in [0.2, 0.25) is 0 Å². The van der Waals surface area contributed by atoms with Crippen LogP contribution in [0.4, 0.5) is 11.6 Å². The number of benzene rings is 1. The molecule has 1 saturated heterocycles. The predicted octanol–water partition coefficient (Wildman–Crippen LogP) is 1.66. The number of aromatic nitrogens is 2. The van der Waals surface area contributed by atoms with E-state index in [2.05, 4.69) is 37.7 Å². The number of anilines is 2. The molecule has 1 aliphatic heterocycles. The molecule has 0 saturated carbocycles. The Morgan fingerprint density at radius 3 is 2.12 bits per heavy atom. The molecule has 9 heteroatoms. The molecule has 1 aliphatic rings. The summed E-state index contributed by atoms with van der Waals surface area (Å²) in [5.74, 6) is 1.57. The SMILES string of the molecule is CN(C)c1ccc(N2CCN(S(=O)(=O)c3ccc(I)cc3)CC2)nn1. The van der Waals surface area contributed by atoms with E-state index < -0.39 is 10.0 Å². The van der Waals surface area contributed by atoms with Gasteiger partial charge in [0.2, 0.25) is 10.0 Å². The summed E-state index contributed by atoms with van der Waals surface area (Å²) in [5.41, 5.74) is 0. The average molecular weight is 473 g/mol. The van der Waals surface area contributed by atoms with Gasteiger partial charge in [0, 0.05) is 43.8 Å². The number of piperazine rings is 1. The molecule has 0 amide bonds. The van der Waals surface area contributed by atoms with Gasteiger partial charge in [0.1, 0.15) is 0 Å². The minimum absolute atomic E-state index is 0.344. The van der Waals surface area contributed by atoms with Crippen LogP contribution in [-0.2, 0) is 10.0 Å². The summed E-state index contributed by atoms with van der Waals surface area (Å²) in [4.78, 5) is 4.30. The van der Waals surface area contributed by atoms with Crippen LogP contribution in [0, 0.1) is 3.57 Å². The van der Waals surface area contributed by atoms with Crippen LogP contribution in [0.25, 0.3) is 0 Å². The van der Waals surface area contributed by atoms with Crippen LogP contribution in [0.1, 0.15) is 0 Å². The van der Waals surface area contributed by atoms with Crippen molar-refractivity contribution >= 4 is 44.2 Å². The summed E-state index contributed by atoms with van der Waals surface area (Å²) < 4.78 is 28.0. The lowest BCUT2D eigenvalue weighted by molar-refractivity contribution is 0.383. The molecule has 134 valence electrons. The van der Waals surface area contributed by atoms with Crippen molar-refractivity contribution in [1.82, 2.24) is 14.5 Å². The fraction of sp³-hybridized carbons (Fsp3) is 0.375. The normalized spacial score (nSPS) is 16.0. The van der Waals surface area contributed by atoms with Gasteiger partial charge in [0.25, 0.3) is 0 Å². The highest BCUT2D eigenvalue weighted by Gasteiger charge is 2.28. The van der Waals surface area contributed by atoms with Gasteiger partial charge < -0.3 is 9.80 Å². The summed E-state index contributed by atoms with van der Waals surface area (Å²) in [5, 5.41) is 8.42. The van der Waals surface area contributed by atoms with Crippen molar-refractivity contribution in [2.75, 3.05) is 50.1 Å². The lowest BCUT2D eigenvalue weighted by Gasteiger charge is -2.34. The van der Waals surface area contributed by atoms with Crippen molar-refractivity contribution in [2.45, 2.75) is 4.90 Å². The second-order valence-corrected chi connectivity index (χ2v) is 9.17. The number of rotatable bonds is 4. The maximum atomic E-state index is 12.7. The van der Waals surface area contributed by atoms with Crippen LogP contribution in [0.5, 0.6) is 0 Å². The largest absolute Gasteiger partial charge is 0.361 e. The molecule has 1 aromatic carbocycles. The van der Waals surface area contributed by atoms with Gasteiger partial charge in [0.15, 0.2) is 11.6 Å². The van der Waals surface area contributed by atoms with E-state index in [9.17, 15) is 8.42 Å². The number of hydrogen-bond donors (Lipinski definition) is 0. The van der Waals surface area contributed by atoms with E-state index >= 15 is 0 Å². The smallest absolute Gasteiger partial charge is 0.243 e. The zero-order valence-corrected chi connectivity index (χ0v) is 17.1. The molecule has 0 aliphatic carbocycles. The molecule has 0 N–H and O–H groups in total. The molecule has 1 fully saturated rings. The van der Waals surface area contributed by atoms with E-state index in [4.69, 9.17) is 0 Å². The topological polar surface area (TPSA) is 69.6 Å². The van der Waals surface area contributed by atoms with Crippen LogP contribution < -0.4 is 9.80 Å². The highest BCUT2D eigenvalue weighted by atomic mass is 127. The third-order valence-corrected chi connectivity index (χ3v) is 6.74. The van der Waals surface area contributed by atoms with Crippen LogP contribution in [0.3, 0.4) is 0 Å². The first-order valence-corrected chi connectivity index (χ1v) is 10.4. The quantitative estimate of drug-likeness (QED) is 0.630. The Hall–Kier alpha value is -1.46. The van der Waals surface area contributed by atoms with Gasteiger partial charge in [-0.1, -0.05) is 0 Å². The standard InChI is InChI=1S/C16H20IN5O2S/c1-20(2)15-7-8-16(19-18-15)21-9-11-22(12-10-21)25(23,24)14-5-3-13(17)4-6-14/h3-8H,9-12H2,1-2H3. The fourth-order valence-electron chi connectivity index (χ4n) is 2.64. The van der Waals surface area contributed by atoms with Crippen LogP contribution in [0.15, 0.2) is 41.3 Å². The Kier molecular flexibility index (Phi) is 5.44. The number of hydrogen-bond acceptors (Lipinski definition) is 6. The first kappa shape index (κ1) is 18.3. The van der Waals surface area contributed by atoms with Gasteiger partial charge in [-0.2, -0.15) is 4.31 Å². The van der Waals surface area contributed by atoms with E-state index in [1.807, 2.05) is 43.3 Å². The summed E-state index contributed by atoms with van der Waals surface area (Å²) in [6.45, 7) is 2.07. The van der Waals surface area contributed by atoms with Gasteiger partial charge in [0.05, 0.1) is 4.90 Å². The van der Waals surface area contributed by atoms with Crippen molar-refractivity contribution in [3.63, 3.8) is 0 Å². The third-order valence-electron chi connectivity index (χ3n) is 4.11. The molecule has 1 aromatic heterocycles. The minimum Gasteiger partial charge on any atom is -0.361 e. The van der Waals surface area contributed by atoms with E-state index in [-0.39, 0.29) is 0 Å². The Morgan fingerprint density at radius 1 is 0.960 bits per heavy atom. The fourth-order valence-corrected chi connectivity index (χ4v) is 4.42. The van der Waals surface area contributed by atoms with Crippen LogP contribution in [-0.4, -0.2) is 63.2 Å². The monoisotopic (exact) mass is 473 g/mol. The second-order valence-electron chi connectivity index (χ2n) is 5.99. The van der Waals surface area contributed by atoms with Gasteiger partial charge in [-0.25, -0.2) is 8.42 Å². The summed E-state index contributed by atoms with van der Waals surface area (Å²) in [6.07, 6.45) is 0. The van der Waals surface area contributed by atoms with Gasteiger partial charge in [-0.15, -0.1) is 10.2 Å². The maximum absolute atomic E-state index is 12.7. The predicted molar refractivity (Wildman–Crippen MR) is 106 cm³/mol. The first-order valence-electron chi connectivity index (χ1n) is 7.89. The van der Waals surface area contributed by atoms with E-state index in [0.717, 1.165) is 15.2 Å². The summed E-state index contributed by atoms with van der Waals surface area (Å²) >= 11 is 2.16. The summed E-state index contributed by atoms with van der Waals surface area (Å²) in [6, 6.07) is 10.8. The molecule has 0 radical (unpaired) electrons. The lowest BCUT2D eigenvalue weighted by Crippen LogP contribution is -2.49. The molecule has 7 nitrogen and oxygen atoms in total. The van der Waals surface area contributed by atoms with Crippen LogP contribution >= 0.6 is 22.6 Å². The molecule has 2 aromatic rings. The van der Waals surface area contributed by atoms with Crippen molar-refractivity contribution in [1.29, 1.82) is 0 Å². The Labute approximate surface area is 161 Å². The second kappa shape index (κ2) is 7.42. The van der Waals surface area contributed by atoms with Gasteiger partial charge in [-0.05, 0) is 59.0 Å². The molecule has 2 heterocycles. The van der Waals surface area contributed by atoms with E-state index in [1.165, 1.54) is 4.31 Å². The number of sulfonamides is 1. The number of nitrogens with zero attached hydrogens (tertiary/aromatic N) is 5. The number of halogens is 1. The zero-order valence-electron chi connectivity index (χ0n) is 14.1. The molecule has 0 atom stereocenters. The Morgan fingerprint density at radius 2 is 1.60 bits per heavy atom. The highest BCUT2D eigenvalue weighted by Crippen LogP contribution is 2.21. The summed E-state index contributed by atoms with van der Waals surface area (Å²) in [7, 11) is 0.387. The first-order chi connectivity index (χ1) is 11.9. The minimum atomic E-state index is -3.44. The molecule has 25 heavy (non-hydrogen) atoms. The van der Waals surface area contributed by atoms with E-state index in [0.29, 0.717) is 31.1 Å². The molecule has 0 spiro atoms. The molecule has 0 bridgehead atoms. The highest BCUT2D eigenvalue weighted by molar-refractivity contribution is 14.1. The molecule has 0 unspecified atom stereocenters. The van der Waals surface area contributed by atoms with Crippen molar-refractivity contribution < 1.29 is 8.42 Å². The van der Waals surface area contributed by atoms with Crippen molar-refractivity contribution in [3.8, 4) is 0 Å². The van der Waals surface area contributed by atoms with Gasteiger partial charge in [-0.3, -0.25) is 0 Å². The molecular weight excluding hydrogens is 453 g/mol. The van der Waals surface area contributed by atoms with Crippen molar-refractivity contribution in [2.24, 2.45) is 0 Å². The molecule has 3 rings (SSSR count). The Balaban J connectivity index is 1.68.